The van der Waals surface area contributed by atoms with Crippen molar-refractivity contribution in [2.45, 2.75) is 26.4 Å². The van der Waals surface area contributed by atoms with Crippen molar-refractivity contribution in [2.75, 3.05) is 0 Å². The van der Waals surface area contributed by atoms with E-state index in [0.717, 1.165) is 17.6 Å². The zero-order valence-corrected chi connectivity index (χ0v) is 9.04. The van der Waals surface area contributed by atoms with Crippen LogP contribution in [-0.4, -0.2) is 12.4 Å². The summed E-state index contributed by atoms with van der Waals surface area (Å²) in [5, 5.41) is 0.692. The second-order valence-corrected chi connectivity index (χ2v) is 3.68. The van der Waals surface area contributed by atoms with Crippen LogP contribution < -0.4 is 4.74 Å². The van der Waals surface area contributed by atoms with E-state index in [2.05, 4.69) is 0 Å². The Hall–Kier alpha value is -1.02. The molecule has 2 nitrogen and oxygen atoms in total. The largest absolute Gasteiger partial charge is 0.490 e. The van der Waals surface area contributed by atoms with E-state index < -0.39 is 0 Å². The molecule has 1 rings (SSSR count). The van der Waals surface area contributed by atoms with Crippen molar-refractivity contribution in [3.63, 3.8) is 0 Å². The van der Waals surface area contributed by atoms with Crippen molar-refractivity contribution in [3.8, 4) is 5.75 Å². The first-order valence-corrected chi connectivity index (χ1v) is 4.87. The number of aryl methyl sites for hydroxylation is 1. The average Bonchev–Trinajstić information content (AvgIpc) is 2.10. The maximum Gasteiger partial charge on any atom is 0.123 e. The van der Waals surface area contributed by atoms with Gasteiger partial charge in [-0.25, -0.2) is 0 Å². The highest BCUT2D eigenvalue weighted by Gasteiger charge is 2.05. The predicted molar refractivity (Wildman–Crippen MR) is 57.0 cm³/mol. The maximum atomic E-state index is 10.2. The highest BCUT2D eigenvalue weighted by atomic mass is 35.5. The van der Waals surface area contributed by atoms with Gasteiger partial charge in [0.15, 0.2) is 0 Å². The van der Waals surface area contributed by atoms with E-state index in [1.807, 2.05) is 26.0 Å². The van der Waals surface area contributed by atoms with E-state index in [-0.39, 0.29) is 6.10 Å². The zero-order chi connectivity index (χ0) is 10.6. The van der Waals surface area contributed by atoms with E-state index in [9.17, 15) is 4.79 Å². The van der Waals surface area contributed by atoms with Gasteiger partial charge in [-0.3, -0.25) is 0 Å². The molecule has 1 unspecified atom stereocenters. The Morgan fingerprint density at radius 2 is 2.29 bits per heavy atom. The van der Waals surface area contributed by atoms with Crippen molar-refractivity contribution >= 4 is 17.9 Å². The Balaban J connectivity index is 2.71. The third kappa shape index (κ3) is 3.04. The molecule has 0 radical (unpaired) electrons. The van der Waals surface area contributed by atoms with Gasteiger partial charge in [0.05, 0.1) is 0 Å². The molecule has 0 aliphatic carbocycles. The first-order valence-electron chi connectivity index (χ1n) is 4.50. The van der Waals surface area contributed by atoms with Crippen LogP contribution in [0.5, 0.6) is 5.75 Å². The van der Waals surface area contributed by atoms with Gasteiger partial charge < -0.3 is 9.53 Å². The predicted octanol–water partition coefficient (Wildman–Crippen LogP) is 3.00. The molecule has 3 heteroatoms. The van der Waals surface area contributed by atoms with E-state index in [4.69, 9.17) is 16.3 Å². The molecule has 0 aliphatic heterocycles. The summed E-state index contributed by atoms with van der Waals surface area (Å²) in [5.41, 5.74) is 0.982. The Kier molecular flexibility index (Phi) is 3.96. The van der Waals surface area contributed by atoms with Crippen LogP contribution >= 0.6 is 11.6 Å². The average molecular weight is 213 g/mol. The smallest absolute Gasteiger partial charge is 0.123 e. The van der Waals surface area contributed by atoms with Crippen LogP contribution in [0.2, 0.25) is 5.02 Å². The van der Waals surface area contributed by atoms with Crippen molar-refractivity contribution in [1.29, 1.82) is 0 Å². The van der Waals surface area contributed by atoms with Gasteiger partial charge in [-0.15, -0.1) is 0 Å². The summed E-state index contributed by atoms with van der Waals surface area (Å²) < 4.78 is 5.55. The zero-order valence-electron chi connectivity index (χ0n) is 8.29. The van der Waals surface area contributed by atoms with Crippen LogP contribution in [0.1, 0.15) is 18.9 Å². The molecule has 0 aromatic heterocycles. The van der Waals surface area contributed by atoms with Gasteiger partial charge >= 0.3 is 0 Å². The normalized spacial score (nSPS) is 12.2. The number of ether oxygens (including phenoxy) is 1. The second-order valence-electron chi connectivity index (χ2n) is 3.24. The maximum absolute atomic E-state index is 10.2. The van der Waals surface area contributed by atoms with Crippen molar-refractivity contribution in [1.82, 2.24) is 0 Å². The van der Waals surface area contributed by atoms with E-state index in [1.165, 1.54) is 0 Å². The van der Waals surface area contributed by atoms with Gasteiger partial charge in [0.25, 0.3) is 0 Å². The lowest BCUT2D eigenvalue weighted by atomic mass is 10.2. The van der Waals surface area contributed by atoms with E-state index in [0.29, 0.717) is 11.4 Å². The highest BCUT2D eigenvalue weighted by Crippen LogP contribution is 2.22. The van der Waals surface area contributed by atoms with Crippen LogP contribution in [0.4, 0.5) is 0 Å². The minimum absolute atomic E-state index is 0.0904. The molecule has 0 saturated heterocycles. The number of aldehydes is 1. The van der Waals surface area contributed by atoms with Gasteiger partial charge in [0.2, 0.25) is 0 Å². The molecule has 76 valence electrons. The Labute approximate surface area is 88.8 Å². The molecule has 0 saturated carbocycles. The third-order valence-electron chi connectivity index (χ3n) is 1.89. The second kappa shape index (κ2) is 5.01. The summed E-state index contributed by atoms with van der Waals surface area (Å²) >= 11 is 5.80. The number of benzene rings is 1. The lowest BCUT2D eigenvalue weighted by Gasteiger charge is -2.14. The summed E-state index contributed by atoms with van der Waals surface area (Å²) in [5.74, 6) is 0.781. The van der Waals surface area contributed by atoms with Gasteiger partial charge in [-0.2, -0.15) is 0 Å². The number of rotatable bonds is 4. The van der Waals surface area contributed by atoms with Crippen LogP contribution in [0, 0.1) is 6.92 Å². The monoisotopic (exact) mass is 212 g/mol. The molecule has 1 atom stereocenters. The van der Waals surface area contributed by atoms with Gasteiger partial charge in [-0.1, -0.05) is 11.6 Å². The molecule has 0 aliphatic rings. The SMILES string of the molecule is Cc1cc(Cl)ccc1OC(C)CC=O. The molecule has 0 fully saturated rings. The summed E-state index contributed by atoms with van der Waals surface area (Å²) in [6, 6.07) is 5.43. The van der Waals surface area contributed by atoms with Crippen molar-refractivity contribution < 1.29 is 9.53 Å². The molecule has 1 aromatic rings. The summed E-state index contributed by atoms with van der Waals surface area (Å²) in [6.07, 6.45) is 1.17. The molecular weight excluding hydrogens is 200 g/mol. The lowest BCUT2D eigenvalue weighted by molar-refractivity contribution is -0.109. The minimum atomic E-state index is -0.0904. The molecule has 0 bridgehead atoms. The van der Waals surface area contributed by atoms with Crippen molar-refractivity contribution in [3.05, 3.63) is 28.8 Å². The Morgan fingerprint density at radius 1 is 1.57 bits per heavy atom. The van der Waals surface area contributed by atoms with Crippen LogP contribution in [-0.2, 0) is 4.79 Å². The number of carbonyl (C=O) groups is 1. The molecule has 0 amide bonds. The van der Waals surface area contributed by atoms with Crippen LogP contribution in [0.25, 0.3) is 0 Å². The number of hydrogen-bond donors (Lipinski definition) is 0. The first-order chi connectivity index (χ1) is 6.63. The summed E-state index contributed by atoms with van der Waals surface area (Å²) in [4.78, 5) is 10.2. The summed E-state index contributed by atoms with van der Waals surface area (Å²) in [6.45, 7) is 3.79. The molecular formula is C11H13ClO2. The molecule has 0 heterocycles. The van der Waals surface area contributed by atoms with Gasteiger partial charge in [-0.05, 0) is 37.6 Å². The summed E-state index contributed by atoms with van der Waals surface area (Å²) in [7, 11) is 0. The highest BCUT2D eigenvalue weighted by molar-refractivity contribution is 6.30. The quantitative estimate of drug-likeness (QED) is 0.718. The topological polar surface area (TPSA) is 26.3 Å². The van der Waals surface area contributed by atoms with Crippen LogP contribution in [0.3, 0.4) is 0 Å². The number of carbonyl (C=O) groups excluding carboxylic acids is 1. The molecule has 0 spiro atoms. The van der Waals surface area contributed by atoms with Crippen LogP contribution in [0.15, 0.2) is 18.2 Å². The molecule has 0 N–H and O–H groups in total. The number of hydrogen-bond acceptors (Lipinski definition) is 2. The van der Waals surface area contributed by atoms with Gasteiger partial charge in [0, 0.05) is 11.4 Å². The number of halogens is 1. The minimum Gasteiger partial charge on any atom is -0.490 e. The molecule has 14 heavy (non-hydrogen) atoms. The van der Waals surface area contributed by atoms with E-state index in [1.54, 1.807) is 6.07 Å². The third-order valence-corrected chi connectivity index (χ3v) is 2.13. The molecule has 1 aromatic carbocycles. The van der Waals surface area contributed by atoms with Crippen molar-refractivity contribution in [2.24, 2.45) is 0 Å². The van der Waals surface area contributed by atoms with Gasteiger partial charge in [0.1, 0.15) is 18.1 Å². The first kappa shape index (κ1) is 11.1. The Bertz CT molecular complexity index is 323. The van der Waals surface area contributed by atoms with E-state index >= 15 is 0 Å². The fourth-order valence-corrected chi connectivity index (χ4v) is 1.37. The fraction of sp³-hybridized carbons (Fsp3) is 0.364. The Morgan fingerprint density at radius 3 is 2.86 bits per heavy atom. The standard InChI is InChI=1S/C11H13ClO2/c1-8-7-10(12)3-4-11(8)14-9(2)5-6-13/h3-4,6-7,9H,5H2,1-2H3. The fourth-order valence-electron chi connectivity index (χ4n) is 1.15. The lowest BCUT2D eigenvalue weighted by Crippen LogP contribution is -2.12.